The highest BCUT2D eigenvalue weighted by molar-refractivity contribution is 5.80. The predicted octanol–water partition coefficient (Wildman–Crippen LogP) is 3.64. The summed E-state index contributed by atoms with van der Waals surface area (Å²) in [5.74, 6) is 2.50. The maximum Gasteiger partial charge on any atom is 0.231 e. The molecule has 2 heterocycles. The normalized spacial score (nSPS) is 24.7. The van der Waals surface area contributed by atoms with Crippen LogP contribution in [0.4, 0.5) is 0 Å². The molecule has 0 spiro atoms. The van der Waals surface area contributed by atoms with E-state index in [1.807, 2.05) is 6.07 Å². The van der Waals surface area contributed by atoms with Gasteiger partial charge in [-0.3, -0.25) is 9.69 Å². The number of carbonyl (C=O) groups excluding carboxylic acids is 1. The average molecular weight is 335 g/mol. The summed E-state index contributed by atoms with van der Waals surface area (Å²) < 4.78 is 11.2. The van der Waals surface area contributed by atoms with Gasteiger partial charge in [-0.05, 0) is 35.2 Å². The van der Waals surface area contributed by atoms with Crippen LogP contribution in [0.25, 0.3) is 0 Å². The Hall–Kier alpha value is -2.33. The molecule has 25 heavy (non-hydrogen) atoms. The van der Waals surface area contributed by atoms with Crippen LogP contribution in [0.5, 0.6) is 11.5 Å². The molecule has 0 saturated heterocycles. The summed E-state index contributed by atoms with van der Waals surface area (Å²) in [6, 6.07) is 15.1. The Bertz CT molecular complexity index is 817. The fourth-order valence-electron chi connectivity index (χ4n) is 4.54. The van der Waals surface area contributed by atoms with Crippen LogP contribution in [0.2, 0.25) is 0 Å². The summed E-state index contributed by atoms with van der Waals surface area (Å²) in [6.45, 7) is 2.04. The third-order valence-electron chi connectivity index (χ3n) is 5.74. The van der Waals surface area contributed by atoms with E-state index in [1.165, 1.54) is 16.7 Å². The van der Waals surface area contributed by atoms with Crippen molar-refractivity contribution in [2.24, 2.45) is 0 Å². The molecule has 4 nitrogen and oxygen atoms in total. The Morgan fingerprint density at radius 1 is 1.08 bits per heavy atom. The molecule has 3 aliphatic rings. The molecular formula is C21H21NO3. The van der Waals surface area contributed by atoms with E-state index in [1.54, 1.807) is 0 Å². The van der Waals surface area contributed by atoms with Gasteiger partial charge >= 0.3 is 0 Å². The molecule has 1 fully saturated rings. The van der Waals surface area contributed by atoms with E-state index in [2.05, 4.69) is 41.3 Å². The number of hydrogen-bond acceptors (Lipinski definition) is 4. The summed E-state index contributed by atoms with van der Waals surface area (Å²) in [7, 11) is 0. The van der Waals surface area contributed by atoms with Gasteiger partial charge in [-0.15, -0.1) is 0 Å². The third-order valence-corrected chi connectivity index (χ3v) is 5.74. The van der Waals surface area contributed by atoms with Crippen LogP contribution < -0.4 is 9.47 Å². The summed E-state index contributed by atoms with van der Waals surface area (Å²) in [5, 5.41) is 0. The van der Waals surface area contributed by atoms with Crippen molar-refractivity contribution in [1.29, 1.82) is 0 Å². The molecule has 0 aromatic heterocycles. The zero-order valence-corrected chi connectivity index (χ0v) is 14.1. The van der Waals surface area contributed by atoms with Crippen molar-refractivity contribution in [1.82, 2.24) is 4.90 Å². The Kier molecular flexibility index (Phi) is 3.52. The minimum absolute atomic E-state index is 0.286. The summed E-state index contributed by atoms with van der Waals surface area (Å²) in [5.41, 5.74) is 3.96. The molecule has 0 N–H and O–H groups in total. The Labute approximate surface area is 147 Å². The molecule has 4 heteroatoms. The smallest absolute Gasteiger partial charge is 0.231 e. The first-order valence-corrected chi connectivity index (χ1v) is 9.00. The third kappa shape index (κ3) is 2.61. The van der Waals surface area contributed by atoms with Gasteiger partial charge in [0.1, 0.15) is 5.78 Å². The molecule has 2 aromatic rings. The molecule has 1 aliphatic carbocycles. The van der Waals surface area contributed by atoms with E-state index < -0.39 is 0 Å². The maximum absolute atomic E-state index is 12.1. The summed E-state index contributed by atoms with van der Waals surface area (Å²) >= 11 is 0. The highest BCUT2D eigenvalue weighted by atomic mass is 16.7. The molecule has 5 rings (SSSR count). The van der Waals surface area contributed by atoms with Gasteiger partial charge in [0.15, 0.2) is 11.5 Å². The van der Waals surface area contributed by atoms with Crippen molar-refractivity contribution in [2.45, 2.75) is 44.3 Å². The van der Waals surface area contributed by atoms with E-state index in [0.717, 1.165) is 31.0 Å². The summed E-state index contributed by atoms with van der Waals surface area (Å²) in [4.78, 5) is 14.6. The Balaban J connectivity index is 1.53. The highest BCUT2D eigenvalue weighted by Gasteiger charge is 2.40. The van der Waals surface area contributed by atoms with Crippen LogP contribution in [-0.4, -0.2) is 23.5 Å². The largest absolute Gasteiger partial charge is 0.454 e. The molecule has 2 aliphatic heterocycles. The number of nitrogens with zero attached hydrogens (tertiary/aromatic N) is 1. The molecule has 0 amide bonds. The topological polar surface area (TPSA) is 38.8 Å². The fourth-order valence-corrected chi connectivity index (χ4v) is 4.54. The van der Waals surface area contributed by atoms with Gasteiger partial charge in [0.05, 0.1) is 0 Å². The zero-order chi connectivity index (χ0) is 16.8. The average Bonchev–Trinajstić information content (AvgIpc) is 3.08. The number of rotatable bonds is 2. The first-order chi connectivity index (χ1) is 12.3. The number of hydrogen-bond donors (Lipinski definition) is 0. The lowest BCUT2D eigenvalue weighted by atomic mass is 9.74. The van der Waals surface area contributed by atoms with Gasteiger partial charge in [0.2, 0.25) is 6.79 Å². The van der Waals surface area contributed by atoms with Gasteiger partial charge in [-0.25, -0.2) is 0 Å². The van der Waals surface area contributed by atoms with Gasteiger partial charge < -0.3 is 9.47 Å². The van der Waals surface area contributed by atoms with E-state index in [9.17, 15) is 4.79 Å². The van der Waals surface area contributed by atoms with Crippen molar-refractivity contribution in [3.05, 3.63) is 59.2 Å². The minimum Gasteiger partial charge on any atom is -0.454 e. The van der Waals surface area contributed by atoms with Crippen LogP contribution >= 0.6 is 0 Å². The zero-order valence-electron chi connectivity index (χ0n) is 14.1. The molecule has 2 atom stereocenters. The first-order valence-electron chi connectivity index (χ1n) is 9.00. The van der Waals surface area contributed by atoms with Crippen molar-refractivity contribution < 1.29 is 14.3 Å². The highest BCUT2D eigenvalue weighted by Crippen LogP contribution is 2.46. The quantitative estimate of drug-likeness (QED) is 0.840. The van der Waals surface area contributed by atoms with Crippen molar-refractivity contribution in [2.75, 3.05) is 6.79 Å². The second-order valence-electron chi connectivity index (χ2n) is 7.25. The maximum atomic E-state index is 12.1. The predicted molar refractivity (Wildman–Crippen MR) is 93.6 cm³/mol. The summed E-state index contributed by atoms with van der Waals surface area (Å²) in [6.07, 6.45) is 2.28. The molecule has 1 saturated carbocycles. The van der Waals surface area contributed by atoms with Gasteiger partial charge in [0.25, 0.3) is 0 Å². The van der Waals surface area contributed by atoms with E-state index in [4.69, 9.17) is 9.47 Å². The van der Waals surface area contributed by atoms with E-state index in [-0.39, 0.29) is 6.04 Å². The monoisotopic (exact) mass is 335 g/mol. The first kappa shape index (κ1) is 15.0. The number of ketones is 1. The second-order valence-corrected chi connectivity index (χ2v) is 7.25. The number of ether oxygens (including phenoxy) is 2. The lowest BCUT2D eigenvalue weighted by Crippen LogP contribution is -2.46. The lowest BCUT2D eigenvalue weighted by Gasteiger charge is -2.44. The molecule has 0 radical (unpaired) electrons. The Morgan fingerprint density at radius 2 is 1.88 bits per heavy atom. The fraction of sp³-hybridized carbons (Fsp3) is 0.381. The van der Waals surface area contributed by atoms with Gasteiger partial charge in [0, 0.05) is 37.9 Å². The SMILES string of the molecule is O=C1CC[C@H]2c3cc4c(cc3CN(Cc3ccccc3)[C@H]2C1)OCO4. The van der Waals surface area contributed by atoms with Crippen molar-refractivity contribution in [3.63, 3.8) is 0 Å². The molecule has 0 unspecified atom stereocenters. The van der Waals surface area contributed by atoms with Crippen LogP contribution in [0.3, 0.4) is 0 Å². The van der Waals surface area contributed by atoms with Crippen molar-refractivity contribution in [3.8, 4) is 11.5 Å². The van der Waals surface area contributed by atoms with Crippen LogP contribution in [0.1, 0.15) is 41.9 Å². The van der Waals surface area contributed by atoms with E-state index >= 15 is 0 Å². The second kappa shape index (κ2) is 5.88. The Morgan fingerprint density at radius 3 is 2.72 bits per heavy atom. The minimum atomic E-state index is 0.286. The van der Waals surface area contributed by atoms with Crippen molar-refractivity contribution >= 4 is 5.78 Å². The van der Waals surface area contributed by atoms with Crippen LogP contribution in [0.15, 0.2) is 42.5 Å². The number of Topliss-reactive ketones (excluding diaryl/α,β-unsaturated/α-hetero) is 1. The number of fused-ring (bicyclic) bond motifs is 4. The number of benzene rings is 2. The van der Waals surface area contributed by atoms with Gasteiger partial charge in [-0.1, -0.05) is 30.3 Å². The van der Waals surface area contributed by atoms with Crippen LogP contribution in [0, 0.1) is 0 Å². The molecule has 128 valence electrons. The van der Waals surface area contributed by atoms with E-state index in [0.29, 0.717) is 31.3 Å². The molecular weight excluding hydrogens is 314 g/mol. The lowest BCUT2D eigenvalue weighted by molar-refractivity contribution is -0.123. The van der Waals surface area contributed by atoms with Crippen LogP contribution in [-0.2, 0) is 17.9 Å². The number of carbonyl (C=O) groups is 1. The molecule has 2 aromatic carbocycles. The standard InChI is InChI=1S/C21H21NO3/c23-16-6-7-17-18-10-21-20(24-13-25-21)8-15(18)12-22(19(17)9-16)11-14-4-2-1-3-5-14/h1-5,8,10,17,19H,6-7,9,11-13H2/t17-,19-/m0/s1. The molecule has 0 bridgehead atoms. The van der Waals surface area contributed by atoms with Gasteiger partial charge in [-0.2, -0.15) is 0 Å².